The molecule has 1 fully saturated rings. The maximum absolute atomic E-state index is 11.7. The van der Waals surface area contributed by atoms with Crippen LogP contribution in [0.25, 0.3) is 0 Å². The van der Waals surface area contributed by atoms with Crippen molar-refractivity contribution >= 4 is 34.9 Å². The molecule has 0 aromatic heterocycles. The second-order valence-electron chi connectivity index (χ2n) is 3.63. The highest BCUT2D eigenvalue weighted by molar-refractivity contribution is 7.80. The highest BCUT2D eigenvalue weighted by atomic mass is 32.1. The minimum atomic E-state index is -1.23. The van der Waals surface area contributed by atoms with E-state index >= 15 is 0 Å². The third-order valence-corrected chi connectivity index (χ3v) is 2.76. The molecule has 1 heterocycles. The molecular weight excluding hydrogens is 204 g/mol. The average Bonchev–Trinajstić information content (AvgIpc) is 2.00. The first-order valence-electron chi connectivity index (χ1n) is 4.02. The van der Waals surface area contributed by atoms with Crippen molar-refractivity contribution in [3.8, 4) is 0 Å². The van der Waals surface area contributed by atoms with Gasteiger partial charge in [-0.1, -0.05) is 0 Å². The monoisotopic (exact) mass is 215 g/mol. The zero-order valence-electron chi connectivity index (χ0n) is 8.16. The van der Waals surface area contributed by atoms with E-state index in [4.69, 9.17) is 12.2 Å². The first-order chi connectivity index (χ1) is 6.28. The SMILES string of the molecule is CC(=O)C1C(=O)NC(=S)[N+](C)(C)C1=O. The van der Waals surface area contributed by atoms with E-state index in [2.05, 4.69) is 5.32 Å². The van der Waals surface area contributed by atoms with Crippen molar-refractivity contribution in [1.29, 1.82) is 0 Å². The molecule has 0 bridgehead atoms. The van der Waals surface area contributed by atoms with Gasteiger partial charge in [0.25, 0.3) is 11.0 Å². The van der Waals surface area contributed by atoms with E-state index in [1.54, 1.807) is 14.1 Å². The number of rotatable bonds is 1. The number of quaternary nitrogens is 1. The topological polar surface area (TPSA) is 63.2 Å². The molecule has 0 aromatic rings. The lowest BCUT2D eigenvalue weighted by Crippen LogP contribution is -2.66. The number of carbonyl (C=O) groups excluding carboxylic acids is 3. The Labute approximate surface area is 86.7 Å². The molecule has 1 rings (SSSR count). The van der Waals surface area contributed by atoms with Crippen LogP contribution in [0.3, 0.4) is 0 Å². The first kappa shape index (κ1) is 10.9. The van der Waals surface area contributed by atoms with Crippen LogP contribution >= 0.6 is 12.2 Å². The Morgan fingerprint density at radius 3 is 2.36 bits per heavy atom. The van der Waals surface area contributed by atoms with Crippen LogP contribution in [0.5, 0.6) is 0 Å². The molecule has 76 valence electrons. The molecule has 0 aliphatic carbocycles. The van der Waals surface area contributed by atoms with Crippen LogP contribution in [0.1, 0.15) is 6.92 Å². The number of thiocarbonyl (C=S) groups is 1. The summed E-state index contributed by atoms with van der Waals surface area (Å²) >= 11 is 4.84. The molecule has 2 amide bonds. The average molecular weight is 215 g/mol. The lowest BCUT2D eigenvalue weighted by atomic mass is 10.00. The second kappa shape index (κ2) is 3.21. The fourth-order valence-corrected chi connectivity index (χ4v) is 1.40. The van der Waals surface area contributed by atoms with E-state index in [0.29, 0.717) is 0 Å². The van der Waals surface area contributed by atoms with Gasteiger partial charge in [-0.3, -0.25) is 14.9 Å². The predicted molar refractivity (Wildman–Crippen MR) is 52.0 cm³/mol. The van der Waals surface area contributed by atoms with Gasteiger partial charge in [-0.15, -0.1) is 0 Å². The van der Waals surface area contributed by atoms with Crippen molar-refractivity contribution < 1.29 is 18.9 Å². The Kier molecular flexibility index (Phi) is 2.51. The Morgan fingerprint density at radius 2 is 1.93 bits per heavy atom. The minimum Gasteiger partial charge on any atom is -0.298 e. The summed E-state index contributed by atoms with van der Waals surface area (Å²) in [7, 11) is 3.08. The van der Waals surface area contributed by atoms with Gasteiger partial charge in [0, 0.05) is 12.2 Å². The van der Waals surface area contributed by atoms with Crippen molar-refractivity contribution in [3.63, 3.8) is 0 Å². The van der Waals surface area contributed by atoms with Gasteiger partial charge in [0.05, 0.1) is 14.1 Å². The third-order valence-electron chi connectivity index (χ3n) is 2.20. The normalized spacial score (nSPS) is 25.9. The molecule has 6 heteroatoms. The zero-order chi connectivity index (χ0) is 11.1. The van der Waals surface area contributed by atoms with Crippen molar-refractivity contribution in [2.45, 2.75) is 6.92 Å². The summed E-state index contributed by atoms with van der Waals surface area (Å²) in [6, 6.07) is 0. The van der Waals surface area contributed by atoms with Gasteiger partial charge in [0.1, 0.15) is 0 Å². The Hall–Kier alpha value is -1.14. The van der Waals surface area contributed by atoms with Gasteiger partial charge in [-0.05, 0) is 6.92 Å². The summed E-state index contributed by atoms with van der Waals surface area (Å²) in [5.41, 5.74) is 0. The lowest BCUT2D eigenvalue weighted by molar-refractivity contribution is -0.720. The van der Waals surface area contributed by atoms with Crippen molar-refractivity contribution in [2.75, 3.05) is 14.1 Å². The predicted octanol–water partition coefficient (Wildman–Crippen LogP) is -0.791. The largest absolute Gasteiger partial charge is 0.340 e. The Bertz CT molecular complexity index is 348. The number of carbonyl (C=O) groups is 3. The number of ketones is 1. The van der Waals surface area contributed by atoms with E-state index in [-0.39, 0.29) is 9.60 Å². The molecule has 1 unspecified atom stereocenters. The molecule has 1 aliphatic rings. The highest BCUT2D eigenvalue weighted by Crippen LogP contribution is 2.15. The van der Waals surface area contributed by atoms with Gasteiger partial charge < -0.3 is 0 Å². The standard InChI is InChI=1S/C8H10N2O3S/c1-4(11)5-6(12)9-8(14)10(2,3)7(5)13/h5H,1-3H3/p+1. The lowest BCUT2D eigenvalue weighted by Gasteiger charge is -2.33. The molecule has 0 spiro atoms. The van der Waals surface area contributed by atoms with Crippen LogP contribution in [-0.4, -0.2) is 41.3 Å². The van der Waals surface area contributed by atoms with Gasteiger partial charge in [-0.25, -0.2) is 9.28 Å². The molecular formula is C8H11N2O3S+. The van der Waals surface area contributed by atoms with Gasteiger partial charge >= 0.3 is 5.91 Å². The molecule has 1 saturated heterocycles. The quantitative estimate of drug-likeness (QED) is 0.354. The first-order valence-corrected chi connectivity index (χ1v) is 4.43. The van der Waals surface area contributed by atoms with Crippen molar-refractivity contribution in [2.24, 2.45) is 5.92 Å². The summed E-state index contributed by atoms with van der Waals surface area (Å²) in [6.45, 7) is 1.22. The molecule has 1 aliphatic heterocycles. The number of Topliss-reactive ketones (excluding diaryl/α,β-unsaturated/α-hetero) is 1. The number of hydrogen-bond acceptors (Lipinski definition) is 4. The maximum atomic E-state index is 11.7. The summed E-state index contributed by atoms with van der Waals surface area (Å²) in [5, 5.41) is 2.48. The van der Waals surface area contributed by atoms with E-state index in [0.717, 1.165) is 0 Å². The number of hydrogen-bond donors (Lipinski definition) is 1. The minimum absolute atomic E-state index is 0.123. The van der Waals surface area contributed by atoms with Gasteiger partial charge in [0.2, 0.25) is 5.92 Å². The number of nitrogens with one attached hydrogen (secondary N) is 1. The van der Waals surface area contributed by atoms with Crippen LogP contribution in [0.2, 0.25) is 0 Å². The smallest absolute Gasteiger partial charge is 0.298 e. The van der Waals surface area contributed by atoms with Crippen molar-refractivity contribution in [3.05, 3.63) is 0 Å². The molecule has 0 aromatic carbocycles. The molecule has 0 saturated carbocycles. The zero-order valence-corrected chi connectivity index (χ0v) is 8.97. The summed E-state index contributed by atoms with van der Waals surface area (Å²) in [6.07, 6.45) is 0. The van der Waals surface area contributed by atoms with E-state index in [1.165, 1.54) is 6.92 Å². The Morgan fingerprint density at radius 1 is 1.43 bits per heavy atom. The summed E-state index contributed by atoms with van der Waals surface area (Å²) < 4.78 is -0.259. The molecule has 1 N–H and O–H groups in total. The van der Waals surface area contributed by atoms with Crippen LogP contribution in [0.15, 0.2) is 0 Å². The van der Waals surface area contributed by atoms with E-state index < -0.39 is 23.5 Å². The molecule has 5 nitrogen and oxygen atoms in total. The summed E-state index contributed by atoms with van der Waals surface area (Å²) in [4.78, 5) is 34.1. The van der Waals surface area contributed by atoms with E-state index in [1.807, 2.05) is 0 Å². The number of nitrogens with zero attached hydrogens (tertiary/aromatic N) is 1. The van der Waals surface area contributed by atoms with Crippen molar-refractivity contribution in [1.82, 2.24) is 5.32 Å². The summed E-state index contributed by atoms with van der Waals surface area (Å²) in [5.74, 6) is -2.78. The molecule has 14 heavy (non-hydrogen) atoms. The highest BCUT2D eigenvalue weighted by Gasteiger charge is 2.50. The third kappa shape index (κ3) is 1.46. The second-order valence-corrected chi connectivity index (χ2v) is 4.02. The van der Waals surface area contributed by atoms with E-state index in [9.17, 15) is 14.4 Å². The maximum Gasteiger partial charge on any atom is 0.340 e. The molecule has 1 atom stereocenters. The molecule has 0 radical (unpaired) electrons. The van der Waals surface area contributed by atoms with Crippen LogP contribution in [-0.2, 0) is 14.4 Å². The van der Waals surface area contributed by atoms with Gasteiger partial charge in [-0.2, -0.15) is 0 Å². The van der Waals surface area contributed by atoms with Gasteiger partial charge in [0.15, 0.2) is 5.78 Å². The van der Waals surface area contributed by atoms with Crippen LogP contribution in [0, 0.1) is 5.92 Å². The Balaban J connectivity index is 3.13. The van der Waals surface area contributed by atoms with Crippen LogP contribution in [0.4, 0.5) is 0 Å². The fourth-order valence-electron chi connectivity index (χ4n) is 1.21. The number of amides is 2. The fraction of sp³-hybridized carbons (Fsp3) is 0.500. The van der Waals surface area contributed by atoms with Crippen LogP contribution < -0.4 is 5.32 Å².